The summed E-state index contributed by atoms with van der Waals surface area (Å²) in [5.41, 5.74) is 3.53. The number of rotatable bonds is 8. The Morgan fingerprint density at radius 1 is 0.943 bits per heavy atom. The average Bonchev–Trinajstić information content (AvgIpc) is 3.27. The predicted octanol–water partition coefficient (Wildman–Crippen LogP) is 5.65. The van der Waals surface area contributed by atoms with Crippen molar-refractivity contribution in [3.8, 4) is 11.5 Å². The maximum atomic E-state index is 12.8. The first-order valence-electron chi connectivity index (χ1n) is 11.8. The number of hydrogen-bond acceptors (Lipinski definition) is 5. The molecule has 0 saturated carbocycles. The fraction of sp³-hybridized carbons (Fsp3) is 0.276. The molecule has 3 aromatic carbocycles. The standard InChI is InChI=1S/C29H29NO5/c1-4-26(28(32)21-8-6-5-7-9-21)35-29(33)22-17-27(31)30(18-22)23-11-14-24(15-12-23)34-25-13-10-19(2)20(3)16-25/h5-16,22,26H,4,17-18H2,1-3H3/t22-,26+/m0/s1. The summed E-state index contributed by atoms with van der Waals surface area (Å²) < 4.78 is 11.5. The number of hydrogen-bond donors (Lipinski definition) is 0. The number of benzene rings is 3. The maximum Gasteiger partial charge on any atom is 0.312 e. The van der Waals surface area contributed by atoms with E-state index in [1.54, 1.807) is 60.4 Å². The van der Waals surface area contributed by atoms with E-state index in [-0.39, 0.29) is 24.7 Å². The van der Waals surface area contributed by atoms with E-state index < -0.39 is 18.0 Å². The van der Waals surface area contributed by atoms with Crippen LogP contribution in [0.5, 0.6) is 11.5 Å². The molecule has 0 bridgehead atoms. The third-order valence-electron chi connectivity index (χ3n) is 6.30. The van der Waals surface area contributed by atoms with Crippen LogP contribution in [-0.2, 0) is 14.3 Å². The zero-order chi connectivity index (χ0) is 24.9. The summed E-state index contributed by atoms with van der Waals surface area (Å²) in [5.74, 6) is -0.126. The first kappa shape index (κ1) is 24.2. The fourth-order valence-corrected chi connectivity index (χ4v) is 4.07. The molecule has 35 heavy (non-hydrogen) atoms. The summed E-state index contributed by atoms with van der Waals surface area (Å²) in [6.45, 7) is 6.09. The molecule has 0 radical (unpaired) electrons. The average molecular weight is 472 g/mol. The van der Waals surface area contributed by atoms with E-state index in [2.05, 4.69) is 0 Å². The molecule has 1 heterocycles. The highest BCUT2D eigenvalue weighted by Crippen LogP contribution is 2.30. The monoisotopic (exact) mass is 471 g/mol. The van der Waals surface area contributed by atoms with Gasteiger partial charge in [-0.3, -0.25) is 14.4 Å². The first-order chi connectivity index (χ1) is 16.9. The van der Waals surface area contributed by atoms with Gasteiger partial charge in [0.2, 0.25) is 11.7 Å². The molecule has 0 aliphatic carbocycles. The third kappa shape index (κ3) is 5.60. The van der Waals surface area contributed by atoms with Crippen LogP contribution in [0.25, 0.3) is 0 Å². The third-order valence-corrected chi connectivity index (χ3v) is 6.30. The number of ether oxygens (including phenoxy) is 2. The Kier molecular flexibility index (Phi) is 7.30. The van der Waals surface area contributed by atoms with Crippen molar-refractivity contribution < 1.29 is 23.9 Å². The molecule has 0 N–H and O–H groups in total. The summed E-state index contributed by atoms with van der Waals surface area (Å²) in [7, 11) is 0. The Bertz CT molecular complexity index is 1220. The molecule has 180 valence electrons. The number of carbonyl (C=O) groups is 3. The predicted molar refractivity (Wildman–Crippen MR) is 134 cm³/mol. The molecule has 0 aromatic heterocycles. The molecular weight excluding hydrogens is 442 g/mol. The van der Waals surface area contributed by atoms with Crippen LogP contribution in [0.15, 0.2) is 72.8 Å². The quantitative estimate of drug-likeness (QED) is 0.313. The Morgan fingerprint density at radius 3 is 2.29 bits per heavy atom. The number of Topliss-reactive ketones (excluding diaryl/α,β-unsaturated/α-hetero) is 1. The van der Waals surface area contributed by atoms with Gasteiger partial charge in [-0.25, -0.2) is 0 Å². The van der Waals surface area contributed by atoms with Crippen molar-refractivity contribution >= 4 is 23.3 Å². The normalized spacial score (nSPS) is 16.1. The van der Waals surface area contributed by atoms with Crippen molar-refractivity contribution in [1.29, 1.82) is 0 Å². The van der Waals surface area contributed by atoms with Gasteiger partial charge < -0.3 is 14.4 Å². The smallest absolute Gasteiger partial charge is 0.312 e. The number of aryl methyl sites for hydroxylation is 2. The van der Waals surface area contributed by atoms with E-state index >= 15 is 0 Å². The van der Waals surface area contributed by atoms with Crippen molar-refractivity contribution in [1.82, 2.24) is 0 Å². The zero-order valence-corrected chi connectivity index (χ0v) is 20.2. The molecule has 2 atom stereocenters. The second-order valence-corrected chi connectivity index (χ2v) is 8.81. The van der Waals surface area contributed by atoms with Crippen LogP contribution in [0.4, 0.5) is 5.69 Å². The largest absolute Gasteiger partial charge is 0.457 e. The zero-order valence-electron chi connectivity index (χ0n) is 20.2. The van der Waals surface area contributed by atoms with Gasteiger partial charge in [-0.05, 0) is 67.8 Å². The lowest BCUT2D eigenvalue weighted by atomic mass is 10.0. The molecule has 4 rings (SSSR count). The summed E-state index contributed by atoms with van der Waals surface area (Å²) in [6.07, 6.45) is -0.447. The lowest BCUT2D eigenvalue weighted by Crippen LogP contribution is -2.31. The number of anilines is 1. The second kappa shape index (κ2) is 10.6. The summed E-state index contributed by atoms with van der Waals surface area (Å²) in [4.78, 5) is 39.8. The summed E-state index contributed by atoms with van der Waals surface area (Å²) >= 11 is 0. The molecule has 6 nitrogen and oxygen atoms in total. The lowest BCUT2D eigenvalue weighted by Gasteiger charge is -2.19. The highest BCUT2D eigenvalue weighted by atomic mass is 16.5. The van der Waals surface area contributed by atoms with Gasteiger partial charge in [0, 0.05) is 24.2 Å². The maximum absolute atomic E-state index is 12.8. The Morgan fingerprint density at radius 2 is 1.63 bits per heavy atom. The van der Waals surface area contributed by atoms with Gasteiger partial charge >= 0.3 is 5.97 Å². The van der Waals surface area contributed by atoms with Crippen LogP contribution >= 0.6 is 0 Å². The minimum atomic E-state index is -0.865. The van der Waals surface area contributed by atoms with Crippen LogP contribution in [0.1, 0.15) is 41.3 Å². The van der Waals surface area contributed by atoms with E-state index in [1.165, 1.54) is 5.56 Å². The van der Waals surface area contributed by atoms with Gasteiger partial charge in [0.05, 0.1) is 5.92 Å². The summed E-state index contributed by atoms with van der Waals surface area (Å²) in [5, 5.41) is 0. The van der Waals surface area contributed by atoms with Crippen LogP contribution in [-0.4, -0.2) is 30.3 Å². The first-order valence-corrected chi connectivity index (χ1v) is 11.8. The molecule has 1 aliphatic heterocycles. The number of nitrogens with zero attached hydrogens (tertiary/aromatic N) is 1. The molecular formula is C29H29NO5. The summed E-state index contributed by atoms with van der Waals surface area (Å²) in [6, 6.07) is 21.9. The number of esters is 1. The van der Waals surface area contributed by atoms with E-state index in [4.69, 9.17) is 9.47 Å². The van der Waals surface area contributed by atoms with Crippen LogP contribution in [0.2, 0.25) is 0 Å². The van der Waals surface area contributed by atoms with Gasteiger partial charge in [0.15, 0.2) is 6.10 Å². The van der Waals surface area contributed by atoms with E-state index in [9.17, 15) is 14.4 Å². The SMILES string of the molecule is CC[C@@H](OC(=O)[C@H]1CC(=O)N(c2ccc(Oc3ccc(C)c(C)c3)cc2)C1)C(=O)c1ccccc1. The van der Waals surface area contributed by atoms with Crippen molar-refractivity contribution in [2.24, 2.45) is 5.92 Å². The molecule has 1 saturated heterocycles. The minimum Gasteiger partial charge on any atom is -0.457 e. The van der Waals surface area contributed by atoms with E-state index in [0.717, 1.165) is 11.3 Å². The van der Waals surface area contributed by atoms with Crippen LogP contribution in [0, 0.1) is 19.8 Å². The van der Waals surface area contributed by atoms with Gasteiger partial charge in [0.1, 0.15) is 11.5 Å². The van der Waals surface area contributed by atoms with Crippen LogP contribution < -0.4 is 9.64 Å². The lowest BCUT2D eigenvalue weighted by molar-refractivity contribution is -0.151. The highest BCUT2D eigenvalue weighted by molar-refractivity contribution is 6.02. The van der Waals surface area contributed by atoms with Gasteiger partial charge in [-0.15, -0.1) is 0 Å². The molecule has 3 aromatic rings. The number of carbonyl (C=O) groups excluding carboxylic acids is 3. The molecule has 6 heteroatoms. The van der Waals surface area contributed by atoms with Gasteiger partial charge in [-0.2, -0.15) is 0 Å². The molecule has 0 unspecified atom stereocenters. The Balaban J connectivity index is 1.38. The highest BCUT2D eigenvalue weighted by Gasteiger charge is 2.37. The number of amides is 1. The molecule has 0 spiro atoms. The van der Waals surface area contributed by atoms with Crippen molar-refractivity contribution in [2.45, 2.75) is 39.7 Å². The van der Waals surface area contributed by atoms with E-state index in [1.807, 2.05) is 38.1 Å². The van der Waals surface area contributed by atoms with Gasteiger partial charge in [-0.1, -0.05) is 43.3 Å². The van der Waals surface area contributed by atoms with E-state index in [0.29, 0.717) is 23.4 Å². The van der Waals surface area contributed by atoms with Gasteiger partial charge in [0.25, 0.3) is 0 Å². The molecule has 1 fully saturated rings. The molecule has 1 amide bonds. The second-order valence-electron chi connectivity index (χ2n) is 8.81. The topological polar surface area (TPSA) is 72.9 Å². The minimum absolute atomic E-state index is 0.0513. The van der Waals surface area contributed by atoms with Crippen molar-refractivity contribution in [3.05, 3.63) is 89.5 Å². The van der Waals surface area contributed by atoms with Crippen molar-refractivity contribution in [2.75, 3.05) is 11.4 Å². The molecule has 1 aliphatic rings. The fourth-order valence-electron chi connectivity index (χ4n) is 4.07. The van der Waals surface area contributed by atoms with Crippen LogP contribution in [0.3, 0.4) is 0 Å². The Hall–Kier alpha value is -3.93. The number of ketones is 1. The Labute approximate surface area is 205 Å². The van der Waals surface area contributed by atoms with Crippen molar-refractivity contribution in [3.63, 3.8) is 0 Å².